The molecule has 1 aliphatic carbocycles. The van der Waals surface area contributed by atoms with Gasteiger partial charge in [0.05, 0.1) is 0 Å². The Morgan fingerprint density at radius 1 is 0.917 bits per heavy atom. The second-order valence-electron chi connectivity index (χ2n) is 7.17. The van der Waals surface area contributed by atoms with Crippen LogP contribution in [0.25, 0.3) is 0 Å². The zero-order valence-corrected chi connectivity index (χ0v) is 14.7. The van der Waals surface area contributed by atoms with Crippen molar-refractivity contribution in [3.8, 4) is 5.75 Å². The van der Waals surface area contributed by atoms with Crippen LogP contribution in [0, 0.1) is 0 Å². The van der Waals surface area contributed by atoms with Gasteiger partial charge in [0.25, 0.3) is 0 Å². The third-order valence-electron chi connectivity index (χ3n) is 5.50. The van der Waals surface area contributed by atoms with E-state index in [0.717, 1.165) is 6.04 Å². The number of benzene rings is 2. The number of phenolic OH excluding ortho intramolecular Hbond substituents is 1. The standard InChI is InChI=1S/C22H29NO/c1-23(17-5-8-18-6-3-2-4-7-18)21-13-9-19(10-14-21)20-11-15-22(24)16-12-20/h2-4,6-7,11-12,15-16,19,21,24H,5,8-10,13-14,17H2,1H3/t19-,21-. The van der Waals surface area contributed by atoms with Crippen LogP contribution < -0.4 is 0 Å². The fourth-order valence-corrected chi connectivity index (χ4v) is 3.96. The minimum Gasteiger partial charge on any atom is -0.508 e. The third-order valence-corrected chi connectivity index (χ3v) is 5.50. The van der Waals surface area contributed by atoms with Crippen LogP contribution in [0.4, 0.5) is 0 Å². The van der Waals surface area contributed by atoms with Gasteiger partial charge in [-0.1, -0.05) is 42.5 Å². The molecule has 0 aromatic heterocycles. The highest BCUT2D eigenvalue weighted by Crippen LogP contribution is 2.35. The Balaban J connectivity index is 1.41. The Hall–Kier alpha value is -1.80. The van der Waals surface area contributed by atoms with Gasteiger partial charge in [-0.3, -0.25) is 0 Å². The summed E-state index contributed by atoms with van der Waals surface area (Å²) in [6.45, 7) is 1.18. The van der Waals surface area contributed by atoms with Gasteiger partial charge in [0.1, 0.15) is 5.75 Å². The van der Waals surface area contributed by atoms with E-state index in [2.05, 4.69) is 54.4 Å². The van der Waals surface area contributed by atoms with Crippen LogP contribution >= 0.6 is 0 Å². The second-order valence-corrected chi connectivity index (χ2v) is 7.17. The summed E-state index contributed by atoms with van der Waals surface area (Å²) in [5.74, 6) is 1.03. The number of nitrogens with zero attached hydrogens (tertiary/aromatic N) is 1. The minimum atomic E-state index is 0.366. The Bertz CT molecular complexity index is 600. The minimum absolute atomic E-state index is 0.366. The molecule has 24 heavy (non-hydrogen) atoms. The molecule has 1 saturated carbocycles. The van der Waals surface area contributed by atoms with Gasteiger partial charge < -0.3 is 10.0 Å². The molecule has 0 radical (unpaired) electrons. The van der Waals surface area contributed by atoms with Crippen LogP contribution in [-0.2, 0) is 6.42 Å². The molecule has 128 valence electrons. The number of hydrogen-bond donors (Lipinski definition) is 1. The lowest BCUT2D eigenvalue weighted by molar-refractivity contribution is 0.181. The number of phenols is 1. The van der Waals surface area contributed by atoms with Crippen molar-refractivity contribution in [3.05, 3.63) is 65.7 Å². The van der Waals surface area contributed by atoms with Gasteiger partial charge in [0.15, 0.2) is 0 Å². The smallest absolute Gasteiger partial charge is 0.115 e. The summed E-state index contributed by atoms with van der Waals surface area (Å²) in [6.07, 6.45) is 7.50. The lowest BCUT2D eigenvalue weighted by atomic mass is 9.81. The van der Waals surface area contributed by atoms with Gasteiger partial charge in [0, 0.05) is 6.04 Å². The largest absolute Gasteiger partial charge is 0.508 e. The summed E-state index contributed by atoms with van der Waals surface area (Å²) in [7, 11) is 2.29. The predicted molar refractivity (Wildman–Crippen MR) is 100 cm³/mol. The molecule has 0 aliphatic heterocycles. The second kappa shape index (κ2) is 8.34. The maximum atomic E-state index is 9.43. The van der Waals surface area contributed by atoms with Gasteiger partial charge in [0.2, 0.25) is 0 Å². The van der Waals surface area contributed by atoms with Crippen LogP contribution in [0.3, 0.4) is 0 Å². The quantitative estimate of drug-likeness (QED) is 0.810. The molecule has 0 spiro atoms. The maximum Gasteiger partial charge on any atom is 0.115 e. The Morgan fingerprint density at radius 2 is 1.58 bits per heavy atom. The first-order valence-electron chi connectivity index (χ1n) is 9.25. The third kappa shape index (κ3) is 4.61. The number of hydrogen-bond acceptors (Lipinski definition) is 2. The van der Waals surface area contributed by atoms with E-state index in [4.69, 9.17) is 0 Å². The van der Waals surface area contributed by atoms with Crippen LogP contribution in [0.5, 0.6) is 5.75 Å². The summed E-state index contributed by atoms with van der Waals surface area (Å²) in [6, 6.07) is 19.3. The van der Waals surface area contributed by atoms with Crippen LogP contribution in [-0.4, -0.2) is 29.6 Å². The molecule has 1 fully saturated rings. The monoisotopic (exact) mass is 323 g/mol. The van der Waals surface area contributed by atoms with E-state index in [0.29, 0.717) is 11.7 Å². The Kier molecular flexibility index (Phi) is 5.92. The molecule has 1 aliphatic rings. The molecule has 0 bridgehead atoms. The van der Waals surface area contributed by atoms with Crippen molar-refractivity contribution in [1.29, 1.82) is 0 Å². The Morgan fingerprint density at radius 3 is 2.25 bits per heavy atom. The van der Waals surface area contributed by atoms with Gasteiger partial charge in [-0.15, -0.1) is 0 Å². The van der Waals surface area contributed by atoms with E-state index >= 15 is 0 Å². The fraction of sp³-hybridized carbons (Fsp3) is 0.455. The summed E-state index contributed by atoms with van der Waals surface area (Å²) in [5, 5.41) is 9.43. The van der Waals surface area contributed by atoms with Crippen LogP contribution in [0.2, 0.25) is 0 Å². The van der Waals surface area contributed by atoms with E-state index in [1.807, 2.05) is 12.1 Å². The molecule has 2 aromatic carbocycles. The predicted octanol–water partition coefficient (Wildman–Crippen LogP) is 4.98. The topological polar surface area (TPSA) is 23.5 Å². The van der Waals surface area contributed by atoms with Crippen molar-refractivity contribution in [3.63, 3.8) is 0 Å². The summed E-state index contributed by atoms with van der Waals surface area (Å²) in [5.41, 5.74) is 2.83. The van der Waals surface area contributed by atoms with Crippen LogP contribution in [0.15, 0.2) is 54.6 Å². The van der Waals surface area contributed by atoms with Crippen molar-refractivity contribution in [2.75, 3.05) is 13.6 Å². The first kappa shape index (κ1) is 17.0. The number of aromatic hydroxyl groups is 1. The highest BCUT2D eigenvalue weighted by Gasteiger charge is 2.24. The average Bonchev–Trinajstić information content (AvgIpc) is 2.63. The van der Waals surface area contributed by atoms with Gasteiger partial charge >= 0.3 is 0 Å². The summed E-state index contributed by atoms with van der Waals surface area (Å²) >= 11 is 0. The first-order valence-corrected chi connectivity index (χ1v) is 9.25. The maximum absolute atomic E-state index is 9.43. The summed E-state index contributed by atoms with van der Waals surface area (Å²) in [4.78, 5) is 2.57. The molecule has 0 atom stereocenters. The molecule has 0 amide bonds. The van der Waals surface area contributed by atoms with Crippen molar-refractivity contribution >= 4 is 0 Å². The molecule has 2 aromatic rings. The summed E-state index contributed by atoms with van der Waals surface area (Å²) < 4.78 is 0. The zero-order valence-electron chi connectivity index (χ0n) is 14.7. The normalized spacial score (nSPS) is 21.1. The number of rotatable bonds is 6. The van der Waals surface area contributed by atoms with Crippen molar-refractivity contribution in [2.45, 2.75) is 50.5 Å². The van der Waals surface area contributed by atoms with Gasteiger partial charge in [-0.25, -0.2) is 0 Å². The highest BCUT2D eigenvalue weighted by molar-refractivity contribution is 5.28. The lowest BCUT2D eigenvalue weighted by Crippen LogP contribution is -2.35. The van der Waals surface area contributed by atoms with Gasteiger partial charge in [-0.2, -0.15) is 0 Å². The zero-order chi connectivity index (χ0) is 16.8. The van der Waals surface area contributed by atoms with Crippen molar-refractivity contribution < 1.29 is 5.11 Å². The fourth-order valence-electron chi connectivity index (χ4n) is 3.96. The van der Waals surface area contributed by atoms with E-state index in [1.165, 1.54) is 56.2 Å². The van der Waals surface area contributed by atoms with Crippen molar-refractivity contribution in [1.82, 2.24) is 4.90 Å². The van der Waals surface area contributed by atoms with Crippen molar-refractivity contribution in [2.24, 2.45) is 0 Å². The van der Waals surface area contributed by atoms with E-state index in [-0.39, 0.29) is 0 Å². The van der Waals surface area contributed by atoms with Gasteiger partial charge in [-0.05, 0) is 81.3 Å². The molecule has 0 saturated heterocycles. The number of aryl methyl sites for hydroxylation is 1. The molecular weight excluding hydrogens is 294 g/mol. The molecule has 2 heteroatoms. The van der Waals surface area contributed by atoms with E-state index in [1.54, 1.807) is 0 Å². The SMILES string of the molecule is CN(CCCc1ccccc1)[C@H]1CC[C@H](c2ccc(O)cc2)CC1. The molecule has 1 N–H and O–H groups in total. The Labute approximate surface area is 146 Å². The van der Waals surface area contributed by atoms with E-state index < -0.39 is 0 Å². The molecule has 0 unspecified atom stereocenters. The molecule has 2 nitrogen and oxygen atoms in total. The molecule has 0 heterocycles. The van der Waals surface area contributed by atoms with E-state index in [9.17, 15) is 5.11 Å². The van der Waals surface area contributed by atoms with Crippen LogP contribution in [0.1, 0.15) is 49.1 Å². The highest BCUT2D eigenvalue weighted by atomic mass is 16.3. The molecular formula is C22H29NO. The lowest BCUT2D eigenvalue weighted by Gasteiger charge is -2.35. The molecule has 3 rings (SSSR count). The average molecular weight is 323 g/mol. The first-order chi connectivity index (χ1) is 11.7.